The van der Waals surface area contributed by atoms with E-state index in [2.05, 4.69) is 18.7 Å². The molecule has 0 aliphatic carbocycles. The zero-order valence-corrected chi connectivity index (χ0v) is 14.4. The minimum atomic E-state index is -3.07. The van der Waals surface area contributed by atoms with Crippen LogP contribution in [0.15, 0.2) is 0 Å². The summed E-state index contributed by atoms with van der Waals surface area (Å²) in [5.41, 5.74) is 0. The van der Waals surface area contributed by atoms with E-state index in [-0.39, 0.29) is 18.2 Å². The van der Waals surface area contributed by atoms with Crippen LogP contribution >= 0.6 is 0 Å². The molecule has 0 unspecified atom stereocenters. The van der Waals surface area contributed by atoms with Crippen LogP contribution in [0.25, 0.3) is 0 Å². The standard InChI is InChI=1S/C15H30N2O3S/c1-4-5-9-21(18,19)17-8-6-7-15(17)12-16-10-13(2)20-14(3)11-16/h13-15H,4-12H2,1-3H3/t13-,14-,15+/m0/s1. The fourth-order valence-corrected chi connectivity index (χ4v) is 5.45. The number of nitrogens with zero attached hydrogens (tertiary/aromatic N) is 2. The van der Waals surface area contributed by atoms with Crippen LogP contribution in [-0.4, -0.2) is 67.8 Å². The van der Waals surface area contributed by atoms with Crippen molar-refractivity contribution in [2.75, 3.05) is 31.9 Å². The van der Waals surface area contributed by atoms with Crippen molar-refractivity contribution in [2.24, 2.45) is 0 Å². The van der Waals surface area contributed by atoms with E-state index in [1.807, 2.05) is 6.92 Å². The molecule has 0 saturated carbocycles. The molecule has 0 aromatic heterocycles. The normalized spacial score (nSPS) is 32.6. The van der Waals surface area contributed by atoms with Crippen LogP contribution in [0.5, 0.6) is 0 Å². The zero-order chi connectivity index (χ0) is 15.5. The SMILES string of the molecule is CCCCS(=O)(=O)N1CCC[C@@H]1CN1C[C@H](C)O[C@@H](C)C1. The van der Waals surface area contributed by atoms with E-state index in [0.29, 0.717) is 12.3 Å². The number of rotatable bonds is 6. The molecule has 2 rings (SSSR count). The first-order valence-corrected chi connectivity index (χ1v) is 9.90. The van der Waals surface area contributed by atoms with Gasteiger partial charge in [-0.1, -0.05) is 13.3 Å². The van der Waals surface area contributed by atoms with E-state index in [1.165, 1.54) is 0 Å². The van der Waals surface area contributed by atoms with Crippen LogP contribution in [0.2, 0.25) is 0 Å². The largest absolute Gasteiger partial charge is 0.373 e. The summed E-state index contributed by atoms with van der Waals surface area (Å²) in [5, 5.41) is 0. The lowest BCUT2D eigenvalue weighted by Crippen LogP contribution is -2.51. The Bertz CT molecular complexity index is 417. The van der Waals surface area contributed by atoms with E-state index < -0.39 is 10.0 Å². The van der Waals surface area contributed by atoms with Gasteiger partial charge in [-0.25, -0.2) is 8.42 Å². The first-order chi connectivity index (χ1) is 9.92. The lowest BCUT2D eigenvalue weighted by atomic mass is 10.1. The number of ether oxygens (including phenoxy) is 1. The number of morpholine rings is 1. The summed E-state index contributed by atoms with van der Waals surface area (Å²) >= 11 is 0. The highest BCUT2D eigenvalue weighted by Crippen LogP contribution is 2.24. The second kappa shape index (κ2) is 7.40. The summed E-state index contributed by atoms with van der Waals surface area (Å²) in [6.07, 6.45) is 4.14. The molecule has 0 N–H and O–H groups in total. The Labute approximate surface area is 129 Å². The number of sulfonamides is 1. The van der Waals surface area contributed by atoms with Crippen molar-refractivity contribution in [3.8, 4) is 0 Å². The summed E-state index contributed by atoms with van der Waals surface area (Å²) in [4.78, 5) is 2.37. The molecule has 0 spiro atoms. The van der Waals surface area contributed by atoms with Gasteiger partial charge < -0.3 is 4.74 Å². The molecule has 0 aromatic carbocycles. The van der Waals surface area contributed by atoms with Crippen LogP contribution in [-0.2, 0) is 14.8 Å². The van der Waals surface area contributed by atoms with Gasteiger partial charge in [-0.15, -0.1) is 0 Å². The van der Waals surface area contributed by atoms with E-state index in [4.69, 9.17) is 4.74 Å². The van der Waals surface area contributed by atoms with Crippen LogP contribution in [0.4, 0.5) is 0 Å². The Morgan fingerprint density at radius 3 is 2.48 bits per heavy atom. The molecule has 3 atom stereocenters. The molecule has 2 heterocycles. The van der Waals surface area contributed by atoms with Gasteiger partial charge in [-0.05, 0) is 33.1 Å². The van der Waals surface area contributed by atoms with Crippen LogP contribution in [0.1, 0.15) is 46.5 Å². The Morgan fingerprint density at radius 2 is 1.86 bits per heavy atom. The number of hydrogen-bond acceptors (Lipinski definition) is 4. The quantitative estimate of drug-likeness (QED) is 0.748. The van der Waals surface area contributed by atoms with Gasteiger partial charge in [0.15, 0.2) is 0 Å². The second-order valence-electron chi connectivity index (χ2n) is 6.55. The maximum atomic E-state index is 12.5. The van der Waals surface area contributed by atoms with Crippen molar-refractivity contribution in [3.05, 3.63) is 0 Å². The van der Waals surface area contributed by atoms with Crippen molar-refractivity contribution in [1.29, 1.82) is 0 Å². The molecule has 2 saturated heterocycles. The number of unbranched alkanes of at least 4 members (excludes halogenated alkanes) is 1. The first kappa shape index (κ1) is 17.2. The van der Waals surface area contributed by atoms with Crippen molar-refractivity contribution >= 4 is 10.0 Å². The smallest absolute Gasteiger partial charge is 0.214 e. The Hall–Kier alpha value is -0.170. The highest BCUT2D eigenvalue weighted by atomic mass is 32.2. The van der Waals surface area contributed by atoms with Crippen molar-refractivity contribution < 1.29 is 13.2 Å². The van der Waals surface area contributed by atoms with E-state index in [1.54, 1.807) is 4.31 Å². The molecule has 21 heavy (non-hydrogen) atoms. The molecule has 2 aliphatic rings. The Balaban J connectivity index is 1.95. The molecule has 0 bridgehead atoms. The van der Waals surface area contributed by atoms with Crippen LogP contribution in [0.3, 0.4) is 0 Å². The van der Waals surface area contributed by atoms with E-state index in [0.717, 1.165) is 45.3 Å². The molecule has 0 radical (unpaired) electrons. The van der Waals surface area contributed by atoms with Gasteiger partial charge in [-0.2, -0.15) is 4.31 Å². The molecule has 0 aromatic rings. The van der Waals surface area contributed by atoms with Crippen LogP contribution < -0.4 is 0 Å². The summed E-state index contributed by atoms with van der Waals surface area (Å²) in [5.74, 6) is 0.302. The third kappa shape index (κ3) is 4.65. The molecular formula is C15H30N2O3S. The monoisotopic (exact) mass is 318 g/mol. The van der Waals surface area contributed by atoms with E-state index in [9.17, 15) is 8.42 Å². The minimum Gasteiger partial charge on any atom is -0.373 e. The zero-order valence-electron chi connectivity index (χ0n) is 13.6. The summed E-state index contributed by atoms with van der Waals surface area (Å²) in [6, 6.07) is 0.157. The van der Waals surface area contributed by atoms with Crippen molar-refractivity contribution in [2.45, 2.75) is 64.7 Å². The van der Waals surface area contributed by atoms with Crippen molar-refractivity contribution in [3.63, 3.8) is 0 Å². The van der Waals surface area contributed by atoms with Gasteiger partial charge in [0.05, 0.1) is 18.0 Å². The van der Waals surface area contributed by atoms with Crippen LogP contribution in [0, 0.1) is 0 Å². The maximum Gasteiger partial charge on any atom is 0.214 e. The van der Waals surface area contributed by atoms with Gasteiger partial charge in [0.25, 0.3) is 0 Å². The average molecular weight is 318 g/mol. The third-order valence-corrected chi connectivity index (χ3v) is 6.40. The van der Waals surface area contributed by atoms with Gasteiger partial charge in [0.2, 0.25) is 10.0 Å². The fourth-order valence-electron chi connectivity index (χ4n) is 3.53. The maximum absolute atomic E-state index is 12.5. The summed E-state index contributed by atoms with van der Waals surface area (Å²) < 4.78 is 32.4. The Morgan fingerprint density at radius 1 is 1.19 bits per heavy atom. The van der Waals surface area contributed by atoms with Gasteiger partial charge >= 0.3 is 0 Å². The lowest BCUT2D eigenvalue weighted by Gasteiger charge is -2.38. The topological polar surface area (TPSA) is 49.9 Å². The molecule has 2 fully saturated rings. The summed E-state index contributed by atoms with van der Waals surface area (Å²) in [6.45, 7) is 9.58. The second-order valence-corrected chi connectivity index (χ2v) is 8.59. The molecule has 6 heteroatoms. The molecule has 124 valence electrons. The molecule has 5 nitrogen and oxygen atoms in total. The highest BCUT2D eigenvalue weighted by molar-refractivity contribution is 7.89. The molecule has 2 aliphatic heterocycles. The third-order valence-electron chi connectivity index (χ3n) is 4.40. The molecular weight excluding hydrogens is 288 g/mol. The van der Waals surface area contributed by atoms with Gasteiger partial charge in [0, 0.05) is 32.2 Å². The average Bonchev–Trinajstić information content (AvgIpc) is 2.84. The van der Waals surface area contributed by atoms with Gasteiger partial charge in [0.1, 0.15) is 0 Å². The lowest BCUT2D eigenvalue weighted by molar-refractivity contribution is -0.0707. The van der Waals surface area contributed by atoms with E-state index >= 15 is 0 Å². The van der Waals surface area contributed by atoms with Crippen molar-refractivity contribution in [1.82, 2.24) is 9.21 Å². The highest BCUT2D eigenvalue weighted by Gasteiger charge is 2.35. The predicted molar refractivity (Wildman–Crippen MR) is 84.9 cm³/mol. The van der Waals surface area contributed by atoms with Gasteiger partial charge in [-0.3, -0.25) is 4.90 Å². The fraction of sp³-hybridized carbons (Fsp3) is 1.00. The minimum absolute atomic E-state index is 0.157. The first-order valence-electron chi connectivity index (χ1n) is 8.29. The molecule has 0 amide bonds. The number of hydrogen-bond donors (Lipinski definition) is 0. The Kier molecular flexibility index (Phi) is 6.05. The summed E-state index contributed by atoms with van der Waals surface area (Å²) in [7, 11) is -3.07. The predicted octanol–water partition coefficient (Wildman–Crippen LogP) is 1.69.